The van der Waals surface area contributed by atoms with Gasteiger partial charge in [0, 0.05) is 22.7 Å². The van der Waals surface area contributed by atoms with E-state index in [0.717, 1.165) is 35.6 Å². The van der Waals surface area contributed by atoms with Crippen molar-refractivity contribution in [2.45, 2.75) is 6.42 Å². The third-order valence-corrected chi connectivity index (χ3v) is 4.47. The maximum atomic E-state index is 14.2. The number of nitrogens with zero attached hydrogens (tertiary/aromatic N) is 2. The summed E-state index contributed by atoms with van der Waals surface area (Å²) in [6.45, 7) is 0.792. The Kier molecular flexibility index (Phi) is 3.51. The van der Waals surface area contributed by atoms with Crippen LogP contribution in [-0.4, -0.2) is 16.3 Å². The quantitative estimate of drug-likeness (QED) is 0.710. The van der Waals surface area contributed by atoms with Gasteiger partial charge in [-0.05, 0) is 36.8 Å². The Hall–Kier alpha value is -2.04. The molecule has 0 saturated carbocycles. The first-order valence-electron chi connectivity index (χ1n) is 7.21. The smallest absolute Gasteiger partial charge is 0.148 e. The monoisotopic (exact) mass is 347 g/mol. The topological polar surface area (TPSA) is 29.9 Å². The zero-order valence-electron chi connectivity index (χ0n) is 12.0. The number of para-hydroxylation sites is 1. The van der Waals surface area contributed by atoms with Crippen molar-refractivity contribution in [3.63, 3.8) is 0 Å². The molecule has 0 saturated heterocycles. The van der Waals surface area contributed by atoms with Crippen molar-refractivity contribution in [3.8, 4) is 16.9 Å². The first-order valence-corrected chi connectivity index (χ1v) is 7.97. The Labute approximate surface area is 142 Å². The summed E-state index contributed by atoms with van der Waals surface area (Å²) in [6.07, 6.45) is 0.818. The van der Waals surface area contributed by atoms with Crippen molar-refractivity contribution >= 4 is 29.0 Å². The molecule has 0 aliphatic carbocycles. The van der Waals surface area contributed by atoms with Gasteiger partial charge in [-0.1, -0.05) is 35.3 Å². The Morgan fingerprint density at radius 3 is 2.74 bits per heavy atom. The molecular formula is C17H12Cl2FN3. The minimum absolute atomic E-state index is 0.319. The van der Waals surface area contributed by atoms with Crippen LogP contribution in [0.15, 0.2) is 42.5 Å². The molecule has 6 heteroatoms. The molecule has 2 aromatic carbocycles. The van der Waals surface area contributed by atoms with Gasteiger partial charge in [0.05, 0.1) is 10.7 Å². The van der Waals surface area contributed by atoms with E-state index in [0.29, 0.717) is 15.7 Å². The second-order valence-electron chi connectivity index (χ2n) is 5.34. The van der Waals surface area contributed by atoms with Crippen LogP contribution >= 0.6 is 23.2 Å². The Morgan fingerprint density at radius 1 is 1.13 bits per heavy atom. The van der Waals surface area contributed by atoms with E-state index in [-0.39, 0.29) is 5.82 Å². The summed E-state index contributed by atoms with van der Waals surface area (Å²) in [5.74, 6) is 0.497. The highest BCUT2D eigenvalue weighted by atomic mass is 35.5. The molecule has 4 rings (SSSR count). The molecule has 0 bridgehead atoms. The number of fused-ring (bicyclic) bond motifs is 1. The van der Waals surface area contributed by atoms with Gasteiger partial charge < -0.3 is 5.32 Å². The van der Waals surface area contributed by atoms with Crippen LogP contribution in [-0.2, 0) is 6.42 Å². The Balaban J connectivity index is 1.94. The van der Waals surface area contributed by atoms with Crippen LogP contribution in [0.4, 0.5) is 10.2 Å². The zero-order valence-corrected chi connectivity index (χ0v) is 13.5. The normalized spacial score (nSPS) is 13.0. The Morgan fingerprint density at radius 2 is 1.96 bits per heavy atom. The Bertz CT molecular complexity index is 905. The van der Waals surface area contributed by atoms with Crippen molar-refractivity contribution < 1.29 is 4.39 Å². The van der Waals surface area contributed by atoms with Crippen molar-refractivity contribution in [3.05, 3.63) is 63.9 Å². The standard InChI is InChI=1S/C17H12Cl2FN3/c18-10-5-6-11(13(19)9-10)16-12-7-8-21-17(12)23(22-16)15-4-2-1-3-14(15)20/h1-6,9,21H,7-8H2. The molecule has 116 valence electrons. The first kappa shape index (κ1) is 14.5. The lowest BCUT2D eigenvalue weighted by atomic mass is 10.1. The minimum atomic E-state index is -0.319. The molecule has 0 atom stereocenters. The molecule has 3 nitrogen and oxygen atoms in total. The average molecular weight is 348 g/mol. The number of nitrogens with one attached hydrogen (secondary N) is 1. The number of halogens is 3. The van der Waals surface area contributed by atoms with E-state index < -0.39 is 0 Å². The SMILES string of the molecule is Fc1ccccc1-n1nc(-c2ccc(Cl)cc2Cl)c2c1NCC2. The summed E-state index contributed by atoms with van der Waals surface area (Å²) in [6, 6.07) is 11.9. The van der Waals surface area contributed by atoms with Crippen LogP contribution in [0.3, 0.4) is 0 Å². The fourth-order valence-corrected chi connectivity index (χ4v) is 3.37. The van der Waals surface area contributed by atoms with Gasteiger partial charge in [-0.3, -0.25) is 0 Å². The summed E-state index contributed by atoms with van der Waals surface area (Å²) in [4.78, 5) is 0. The molecule has 0 amide bonds. The molecule has 1 aliphatic heterocycles. The van der Waals surface area contributed by atoms with Crippen molar-refractivity contribution in [1.29, 1.82) is 0 Å². The predicted molar refractivity (Wildman–Crippen MR) is 91.2 cm³/mol. The summed E-state index contributed by atoms with van der Waals surface area (Å²) in [5, 5.41) is 8.99. The number of hydrogen-bond acceptors (Lipinski definition) is 2. The van der Waals surface area contributed by atoms with Gasteiger partial charge in [0.1, 0.15) is 17.3 Å². The molecule has 23 heavy (non-hydrogen) atoms. The highest BCUT2D eigenvalue weighted by Gasteiger charge is 2.25. The number of benzene rings is 2. The largest absolute Gasteiger partial charge is 0.369 e. The highest BCUT2D eigenvalue weighted by molar-refractivity contribution is 6.36. The van der Waals surface area contributed by atoms with Gasteiger partial charge in [-0.2, -0.15) is 5.10 Å². The molecule has 0 unspecified atom stereocenters. The minimum Gasteiger partial charge on any atom is -0.369 e. The summed E-state index contributed by atoms with van der Waals surface area (Å²) in [7, 11) is 0. The van der Waals surface area contributed by atoms with E-state index in [2.05, 4.69) is 10.4 Å². The second-order valence-corrected chi connectivity index (χ2v) is 6.18. The number of aromatic nitrogens is 2. The molecule has 0 fully saturated rings. The third-order valence-electron chi connectivity index (χ3n) is 3.92. The molecular weight excluding hydrogens is 336 g/mol. The number of rotatable bonds is 2. The number of anilines is 1. The fraction of sp³-hybridized carbons (Fsp3) is 0.118. The van der Waals surface area contributed by atoms with Gasteiger partial charge in [0.25, 0.3) is 0 Å². The second kappa shape index (κ2) is 5.55. The molecule has 1 aliphatic rings. The lowest BCUT2D eigenvalue weighted by Crippen LogP contribution is -2.05. The zero-order chi connectivity index (χ0) is 16.0. The molecule has 0 spiro atoms. The summed E-state index contributed by atoms with van der Waals surface area (Å²) < 4.78 is 15.8. The van der Waals surface area contributed by atoms with Crippen LogP contribution in [0.1, 0.15) is 5.56 Å². The van der Waals surface area contributed by atoms with Gasteiger partial charge in [0.15, 0.2) is 0 Å². The van der Waals surface area contributed by atoms with Crippen LogP contribution in [0.2, 0.25) is 10.0 Å². The van der Waals surface area contributed by atoms with E-state index in [9.17, 15) is 4.39 Å². The molecule has 3 aromatic rings. The van der Waals surface area contributed by atoms with Gasteiger partial charge in [-0.25, -0.2) is 9.07 Å². The summed E-state index contributed by atoms with van der Waals surface area (Å²) in [5.41, 5.74) is 3.01. The highest BCUT2D eigenvalue weighted by Crippen LogP contribution is 2.38. The lowest BCUT2D eigenvalue weighted by Gasteiger charge is -2.07. The first-order chi connectivity index (χ1) is 11.1. The average Bonchev–Trinajstić information content (AvgIpc) is 3.11. The van der Waals surface area contributed by atoms with Gasteiger partial charge in [-0.15, -0.1) is 0 Å². The van der Waals surface area contributed by atoms with E-state index in [1.807, 2.05) is 6.07 Å². The predicted octanol–water partition coefficient (Wildman–Crippen LogP) is 4.95. The van der Waals surface area contributed by atoms with Crippen LogP contribution in [0.5, 0.6) is 0 Å². The van der Waals surface area contributed by atoms with E-state index in [1.54, 1.807) is 35.0 Å². The lowest BCUT2D eigenvalue weighted by molar-refractivity contribution is 0.612. The maximum Gasteiger partial charge on any atom is 0.148 e. The fourth-order valence-electron chi connectivity index (χ4n) is 2.87. The molecule has 2 heterocycles. The van der Waals surface area contributed by atoms with Gasteiger partial charge >= 0.3 is 0 Å². The summed E-state index contributed by atoms with van der Waals surface area (Å²) >= 11 is 12.3. The third kappa shape index (κ3) is 2.38. The molecule has 0 radical (unpaired) electrons. The van der Waals surface area contributed by atoms with Crippen LogP contribution in [0.25, 0.3) is 16.9 Å². The molecule has 1 aromatic heterocycles. The van der Waals surface area contributed by atoms with Crippen molar-refractivity contribution in [2.75, 3.05) is 11.9 Å². The van der Waals surface area contributed by atoms with Gasteiger partial charge in [0.2, 0.25) is 0 Å². The number of hydrogen-bond donors (Lipinski definition) is 1. The van der Waals surface area contributed by atoms with Crippen molar-refractivity contribution in [2.24, 2.45) is 0 Å². The van der Waals surface area contributed by atoms with E-state index in [4.69, 9.17) is 23.2 Å². The van der Waals surface area contributed by atoms with Crippen LogP contribution in [0, 0.1) is 5.82 Å². The van der Waals surface area contributed by atoms with Crippen molar-refractivity contribution in [1.82, 2.24) is 9.78 Å². The maximum absolute atomic E-state index is 14.2. The molecule has 1 N–H and O–H groups in total. The van der Waals surface area contributed by atoms with Crippen LogP contribution < -0.4 is 5.32 Å². The van der Waals surface area contributed by atoms with E-state index >= 15 is 0 Å². The van der Waals surface area contributed by atoms with E-state index in [1.165, 1.54) is 6.07 Å².